The Balaban J connectivity index is 2.24. The molecule has 0 aliphatic rings. The maximum absolute atomic E-state index is 12.0. The predicted octanol–water partition coefficient (Wildman–Crippen LogP) is 3.59. The van der Waals surface area contributed by atoms with Crippen LogP contribution in [0.2, 0.25) is 10.0 Å². The minimum atomic E-state index is -0.296. The van der Waals surface area contributed by atoms with Crippen LogP contribution in [0.25, 0.3) is 0 Å². The number of carbonyl (C=O) groups is 1. The van der Waals surface area contributed by atoms with Crippen LogP contribution in [0.1, 0.15) is 21.7 Å². The van der Waals surface area contributed by atoms with E-state index >= 15 is 0 Å². The Morgan fingerprint density at radius 1 is 1.22 bits per heavy atom. The molecule has 2 rings (SSSR count). The van der Waals surface area contributed by atoms with Gasteiger partial charge in [0.25, 0.3) is 5.91 Å². The lowest BCUT2D eigenvalue weighted by Crippen LogP contribution is -2.13. The molecule has 6 heteroatoms. The summed E-state index contributed by atoms with van der Waals surface area (Å²) in [5.41, 5.74) is 2.59. The summed E-state index contributed by atoms with van der Waals surface area (Å²) in [4.78, 5) is 12.0. The van der Waals surface area contributed by atoms with Crippen molar-refractivity contribution in [3.05, 3.63) is 45.2 Å². The highest BCUT2D eigenvalue weighted by molar-refractivity contribution is 6.35. The molecule has 1 aromatic carbocycles. The number of hydrogen-bond donors (Lipinski definition) is 2. The first-order valence-electron chi connectivity index (χ1n) is 5.26. The minimum absolute atomic E-state index is 0.296. The van der Waals surface area contributed by atoms with E-state index in [1.165, 1.54) is 0 Å². The van der Waals surface area contributed by atoms with Crippen molar-refractivity contribution < 1.29 is 4.79 Å². The quantitative estimate of drug-likeness (QED) is 0.885. The van der Waals surface area contributed by atoms with E-state index in [0.29, 0.717) is 21.4 Å². The summed E-state index contributed by atoms with van der Waals surface area (Å²) in [5.74, 6) is -0.296. The van der Waals surface area contributed by atoms with Crippen molar-refractivity contribution in [2.75, 3.05) is 5.32 Å². The third kappa shape index (κ3) is 2.66. The van der Waals surface area contributed by atoms with Crippen LogP contribution in [0.5, 0.6) is 0 Å². The van der Waals surface area contributed by atoms with Crippen molar-refractivity contribution in [2.24, 2.45) is 0 Å². The number of hydrogen-bond acceptors (Lipinski definition) is 2. The van der Waals surface area contributed by atoms with Crippen molar-refractivity contribution in [1.82, 2.24) is 10.2 Å². The van der Waals surface area contributed by atoms with Gasteiger partial charge in [-0.15, -0.1) is 0 Å². The summed E-state index contributed by atoms with van der Waals surface area (Å²) in [6.45, 7) is 3.69. The summed E-state index contributed by atoms with van der Waals surface area (Å²) in [7, 11) is 0. The topological polar surface area (TPSA) is 57.8 Å². The maximum Gasteiger partial charge on any atom is 0.276 e. The highest BCUT2D eigenvalue weighted by atomic mass is 35.5. The molecule has 1 aromatic heterocycles. The van der Waals surface area contributed by atoms with Crippen LogP contribution < -0.4 is 5.32 Å². The number of nitrogens with zero attached hydrogens (tertiary/aromatic N) is 1. The molecular formula is C12H11Cl2N3O. The molecule has 0 spiro atoms. The Kier molecular flexibility index (Phi) is 3.59. The highest BCUT2D eigenvalue weighted by Crippen LogP contribution is 2.23. The number of halogens is 2. The van der Waals surface area contributed by atoms with E-state index in [1.807, 2.05) is 13.8 Å². The predicted molar refractivity (Wildman–Crippen MR) is 72.5 cm³/mol. The number of nitrogens with one attached hydrogen (secondary N) is 2. The van der Waals surface area contributed by atoms with Gasteiger partial charge in [-0.3, -0.25) is 9.89 Å². The van der Waals surface area contributed by atoms with Crippen LogP contribution in [0.15, 0.2) is 18.2 Å². The molecule has 18 heavy (non-hydrogen) atoms. The Labute approximate surface area is 114 Å². The normalized spacial score (nSPS) is 10.4. The second-order valence-electron chi connectivity index (χ2n) is 3.93. The molecule has 0 aliphatic heterocycles. The Morgan fingerprint density at radius 2 is 1.83 bits per heavy atom. The number of carbonyl (C=O) groups excluding carboxylic acids is 1. The van der Waals surface area contributed by atoms with Crippen molar-refractivity contribution >= 4 is 34.8 Å². The van der Waals surface area contributed by atoms with Gasteiger partial charge in [0.1, 0.15) is 0 Å². The van der Waals surface area contributed by atoms with E-state index in [1.54, 1.807) is 18.2 Å². The maximum atomic E-state index is 12.0. The van der Waals surface area contributed by atoms with Crippen LogP contribution in [0.4, 0.5) is 5.69 Å². The van der Waals surface area contributed by atoms with E-state index < -0.39 is 0 Å². The van der Waals surface area contributed by atoms with Crippen molar-refractivity contribution in [3.8, 4) is 0 Å². The Hall–Kier alpha value is -1.52. The lowest BCUT2D eigenvalue weighted by molar-refractivity contribution is 0.102. The molecule has 0 atom stereocenters. The third-order valence-corrected chi connectivity index (χ3v) is 3.03. The lowest BCUT2D eigenvalue weighted by Gasteiger charge is -2.05. The second-order valence-corrected chi connectivity index (χ2v) is 4.81. The largest absolute Gasteiger partial charge is 0.320 e. The molecule has 0 unspecified atom stereocenters. The van der Waals surface area contributed by atoms with E-state index in [-0.39, 0.29) is 5.91 Å². The molecule has 0 saturated heterocycles. The SMILES string of the molecule is Cc1[nH]nc(C(=O)Nc2cc(Cl)cc(Cl)c2)c1C. The molecule has 0 fully saturated rings. The first-order chi connectivity index (χ1) is 8.47. The van der Waals surface area contributed by atoms with Gasteiger partial charge < -0.3 is 5.32 Å². The number of aromatic nitrogens is 2. The Morgan fingerprint density at radius 3 is 2.33 bits per heavy atom. The summed E-state index contributed by atoms with van der Waals surface area (Å²) in [6, 6.07) is 4.85. The van der Waals surface area contributed by atoms with E-state index in [0.717, 1.165) is 11.3 Å². The molecule has 2 aromatic rings. The van der Waals surface area contributed by atoms with Gasteiger partial charge in [0.15, 0.2) is 5.69 Å². The van der Waals surface area contributed by atoms with Crippen LogP contribution in [0.3, 0.4) is 0 Å². The average molecular weight is 284 g/mol. The third-order valence-electron chi connectivity index (χ3n) is 2.59. The average Bonchev–Trinajstić information content (AvgIpc) is 2.58. The Bertz CT molecular complexity index is 587. The van der Waals surface area contributed by atoms with Gasteiger partial charge in [-0.1, -0.05) is 23.2 Å². The van der Waals surface area contributed by atoms with Gasteiger partial charge >= 0.3 is 0 Å². The molecule has 1 amide bonds. The number of rotatable bonds is 2. The number of benzene rings is 1. The van der Waals surface area contributed by atoms with Crippen LogP contribution in [-0.2, 0) is 0 Å². The minimum Gasteiger partial charge on any atom is -0.320 e. The molecule has 0 aliphatic carbocycles. The standard InChI is InChI=1S/C12H11Cl2N3O/c1-6-7(2)16-17-11(6)12(18)15-10-4-8(13)3-9(14)5-10/h3-5H,1-2H3,(H,15,18)(H,16,17). The molecule has 0 radical (unpaired) electrons. The van der Waals surface area contributed by atoms with Gasteiger partial charge in [0.05, 0.1) is 0 Å². The second kappa shape index (κ2) is 5.00. The summed E-state index contributed by atoms with van der Waals surface area (Å²) < 4.78 is 0. The smallest absolute Gasteiger partial charge is 0.276 e. The number of aryl methyl sites for hydroxylation is 1. The van der Waals surface area contributed by atoms with Gasteiger partial charge in [-0.05, 0) is 32.0 Å². The van der Waals surface area contributed by atoms with Crippen molar-refractivity contribution in [3.63, 3.8) is 0 Å². The molecular weight excluding hydrogens is 273 g/mol. The van der Waals surface area contributed by atoms with Crippen LogP contribution in [-0.4, -0.2) is 16.1 Å². The van der Waals surface area contributed by atoms with Crippen molar-refractivity contribution in [1.29, 1.82) is 0 Å². The van der Waals surface area contributed by atoms with E-state index in [2.05, 4.69) is 15.5 Å². The molecule has 1 heterocycles. The number of anilines is 1. The first-order valence-corrected chi connectivity index (χ1v) is 6.02. The summed E-state index contributed by atoms with van der Waals surface area (Å²) >= 11 is 11.7. The zero-order chi connectivity index (χ0) is 13.3. The van der Waals surface area contributed by atoms with Gasteiger partial charge in [-0.2, -0.15) is 5.10 Å². The van der Waals surface area contributed by atoms with Gasteiger partial charge in [0, 0.05) is 27.0 Å². The number of H-pyrrole nitrogens is 1. The molecule has 0 saturated carbocycles. The molecule has 4 nitrogen and oxygen atoms in total. The highest BCUT2D eigenvalue weighted by Gasteiger charge is 2.14. The fourth-order valence-electron chi connectivity index (χ4n) is 1.52. The molecule has 2 N–H and O–H groups in total. The fourth-order valence-corrected chi connectivity index (χ4v) is 2.05. The lowest BCUT2D eigenvalue weighted by atomic mass is 10.2. The van der Waals surface area contributed by atoms with E-state index in [4.69, 9.17) is 23.2 Å². The van der Waals surface area contributed by atoms with Crippen LogP contribution in [0, 0.1) is 13.8 Å². The molecule has 94 valence electrons. The zero-order valence-corrected chi connectivity index (χ0v) is 11.4. The van der Waals surface area contributed by atoms with Crippen molar-refractivity contribution in [2.45, 2.75) is 13.8 Å². The fraction of sp³-hybridized carbons (Fsp3) is 0.167. The number of aromatic amines is 1. The van der Waals surface area contributed by atoms with Gasteiger partial charge in [0.2, 0.25) is 0 Å². The van der Waals surface area contributed by atoms with Crippen LogP contribution >= 0.6 is 23.2 Å². The van der Waals surface area contributed by atoms with E-state index in [9.17, 15) is 4.79 Å². The first kappa shape index (κ1) is 12.9. The monoisotopic (exact) mass is 283 g/mol. The molecule has 0 bridgehead atoms. The zero-order valence-electron chi connectivity index (χ0n) is 9.84. The summed E-state index contributed by atoms with van der Waals surface area (Å²) in [6.07, 6.45) is 0. The van der Waals surface area contributed by atoms with Gasteiger partial charge in [-0.25, -0.2) is 0 Å². The number of amides is 1. The summed E-state index contributed by atoms with van der Waals surface area (Å²) in [5, 5.41) is 10.4.